The SMILES string of the molecule is O=S1(=O)CCCN(CCCF)CC1. The lowest BCUT2D eigenvalue weighted by atomic mass is 10.3. The fraction of sp³-hybridized carbons (Fsp3) is 1.00. The Morgan fingerprint density at radius 1 is 1.23 bits per heavy atom. The van der Waals surface area contributed by atoms with E-state index in [2.05, 4.69) is 0 Å². The third-order valence-corrected chi connectivity index (χ3v) is 3.97. The molecule has 0 aromatic rings. The Kier molecular flexibility index (Phi) is 4.12. The molecule has 1 saturated heterocycles. The van der Waals surface area contributed by atoms with Gasteiger partial charge in [-0.25, -0.2) is 8.42 Å². The molecule has 0 saturated carbocycles. The Balaban J connectivity index is 2.36. The molecule has 0 amide bonds. The van der Waals surface area contributed by atoms with Gasteiger partial charge >= 0.3 is 0 Å². The van der Waals surface area contributed by atoms with Crippen molar-refractivity contribution in [1.82, 2.24) is 4.90 Å². The lowest BCUT2D eigenvalue weighted by molar-refractivity contribution is 0.277. The highest BCUT2D eigenvalue weighted by atomic mass is 32.2. The highest BCUT2D eigenvalue weighted by molar-refractivity contribution is 7.91. The van der Waals surface area contributed by atoms with Gasteiger partial charge in [0.25, 0.3) is 0 Å². The molecule has 78 valence electrons. The van der Waals surface area contributed by atoms with E-state index in [1.54, 1.807) is 0 Å². The molecule has 0 unspecified atom stereocenters. The molecule has 1 aliphatic rings. The van der Waals surface area contributed by atoms with Gasteiger partial charge in [-0.1, -0.05) is 0 Å². The molecule has 0 spiro atoms. The molecule has 0 aliphatic carbocycles. The van der Waals surface area contributed by atoms with E-state index >= 15 is 0 Å². The summed E-state index contributed by atoms with van der Waals surface area (Å²) in [4.78, 5) is 2.03. The number of alkyl halides is 1. The van der Waals surface area contributed by atoms with Gasteiger partial charge in [0.2, 0.25) is 0 Å². The Labute approximate surface area is 78.8 Å². The molecule has 5 heteroatoms. The van der Waals surface area contributed by atoms with Crippen LogP contribution in [0.5, 0.6) is 0 Å². The molecular formula is C8H16FNO2S. The second-order valence-electron chi connectivity index (χ2n) is 3.39. The summed E-state index contributed by atoms with van der Waals surface area (Å²) in [5.74, 6) is 0.526. The Bertz CT molecular complexity index is 241. The maximum atomic E-state index is 11.9. The minimum absolute atomic E-state index is 0.235. The number of rotatable bonds is 3. The summed E-state index contributed by atoms with van der Waals surface area (Å²) >= 11 is 0. The Hall–Kier alpha value is -0.160. The van der Waals surface area contributed by atoms with Crippen LogP contribution in [-0.2, 0) is 9.84 Å². The van der Waals surface area contributed by atoms with Crippen LogP contribution >= 0.6 is 0 Å². The summed E-state index contributed by atoms with van der Waals surface area (Å²) in [5.41, 5.74) is 0. The summed E-state index contributed by atoms with van der Waals surface area (Å²) in [5, 5.41) is 0. The first-order valence-electron chi connectivity index (χ1n) is 4.63. The Morgan fingerprint density at radius 2 is 2.00 bits per heavy atom. The second-order valence-corrected chi connectivity index (χ2v) is 5.69. The first-order valence-corrected chi connectivity index (χ1v) is 6.45. The van der Waals surface area contributed by atoms with E-state index in [1.165, 1.54) is 0 Å². The molecule has 0 N–H and O–H groups in total. The van der Waals surface area contributed by atoms with Crippen LogP contribution in [0.15, 0.2) is 0 Å². The smallest absolute Gasteiger partial charge is 0.151 e. The largest absolute Gasteiger partial charge is 0.302 e. The molecule has 0 aromatic carbocycles. The van der Waals surface area contributed by atoms with Gasteiger partial charge < -0.3 is 4.90 Å². The topological polar surface area (TPSA) is 37.4 Å². The third-order valence-electron chi connectivity index (χ3n) is 2.26. The first kappa shape index (κ1) is 10.9. The van der Waals surface area contributed by atoms with Crippen LogP contribution in [0.3, 0.4) is 0 Å². The van der Waals surface area contributed by atoms with Crippen molar-refractivity contribution in [2.75, 3.05) is 37.8 Å². The minimum atomic E-state index is -2.81. The highest BCUT2D eigenvalue weighted by Crippen LogP contribution is 2.05. The van der Waals surface area contributed by atoms with Crippen molar-refractivity contribution in [3.63, 3.8) is 0 Å². The van der Waals surface area contributed by atoms with Crippen LogP contribution in [0, 0.1) is 0 Å². The summed E-state index contributed by atoms with van der Waals surface area (Å²) in [6.07, 6.45) is 1.20. The van der Waals surface area contributed by atoms with Gasteiger partial charge in [0, 0.05) is 13.1 Å². The number of hydrogen-bond acceptors (Lipinski definition) is 3. The van der Waals surface area contributed by atoms with Crippen LogP contribution < -0.4 is 0 Å². The summed E-state index contributed by atoms with van der Waals surface area (Å²) in [7, 11) is -2.81. The van der Waals surface area contributed by atoms with Crippen LogP contribution in [0.25, 0.3) is 0 Å². The predicted octanol–water partition coefficient (Wildman–Crippen LogP) is 0.466. The first-order chi connectivity index (χ1) is 6.14. The van der Waals surface area contributed by atoms with E-state index in [0.29, 0.717) is 31.7 Å². The molecule has 1 fully saturated rings. The van der Waals surface area contributed by atoms with Gasteiger partial charge in [-0.15, -0.1) is 0 Å². The molecule has 0 bridgehead atoms. The summed E-state index contributed by atoms with van der Waals surface area (Å²) in [6.45, 7) is 1.73. The van der Waals surface area contributed by atoms with Crippen molar-refractivity contribution in [3.8, 4) is 0 Å². The molecule has 1 heterocycles. The molecule has 1 aliphatic heterocycles. The number of sulfone groups is 1. The zero-order chi connectivity index (χ0) is 9.73. The van der Waals surface area contributed by atoms with E-state index in [-0.39, 0.29) is 12.4 Å². The summed E-state index contributed by atoms with van der Waals surface area (Å²) < 4.78 is 34.2. The predicted molar refractivity (Wildman–Crippen MR) is 50.3 cm³/mol. The lowest BCUT2D eigenvalue weighted by Crippen LogP contribution is -2.28. The fourth-order valence-electron chi connectivity index (χ4n) is 1.50. The van der Waals surface area contributed by atoms with Crippen LogP contribution in [-0.4, -0.2) is 51.1 Å². The monoisotopic (exact) mass is 209 g/mol. The number of hydrogen-bond donors (Lipinski definition) is 0. The van der Waals surface area contributed by atoms with Gasteiger partial charge in [-0.2, -0.15) is 0 Å². The average molecular weight is 209 g/mol. The van der Waals surface area contributed by atoms with Gasteiger partial charge in [-0.05, 0) is 19.4 Å². The number of nitrogens with zero attached hydrogens (tertiary/aromatic N) is 1. The van der Waals surface area contributed by atoms with Crippen molar-refractivity contribution in [1.29, 1.82) is 0 Å². The molecule has 1 rings (SSSR count). The zero-order valence-electron chi connectivity index (χ0n) is 7.71. The molecular weight excluding hydrogens is 193 g/mol. The molecule has 3 nitrogen and oxygen atoms in total. The van der Waals surface area contributed by atoms with Crippen LogP contribution in [0.4, 0.5) is 4.39 Å². The second kappa shape index (κ2) is 4.91. The van der Waals surface area contributed by atoms with E-state index in [9.17, 15) is 12.8 Å². The van der Waals surface area contributed by atoms with E-state index in [0.717, 1.165) is 6.54 Å². The zero-order valence-corrected chi connectivity index (χ0v) is 8.52. The average Bonchev–Trinajstić information content (AvgIpc) is 2.23. The minimum Gasteiger partial charge on any atom is -0.302 e. The molecule has 13 heavy (non-hydrogen) atoms. The fourth-order valence-corrected chi connectivity index (χ4v) is 2.81. The van der Waals surface area contributed by atoms with Gasteiger partial charge in [-0.3, -0.25) is 4.39 Å². The molecule has 0 radical (unpaired) electrons. The molecule has 0 aromatic heterocycles. The van der Waals surface area contributed by atoms with Crippen molar-refractivity contribution in [2.24, 2.45) is 0 Å². The molecule has 0 atom stereocenters. The standard InChI is InChI=1S/C8H16FNO2S/c9-3-1-4-10-5-2-7-13(11,12)8-6-10/h1-8H2. The van der Waals surface area contributed by atoms with E-state index < -0.39 is 9.84 Å². The Morgan fingerprint density at radius 3 is 2.69 bits per heavy atom. The van der Waals surface area contributed by atoms with Gasteiger partial charge in [0.15, 0.2) is 9.84 Å². The van der Waals surface area contributed by atoms with E-state index in [4.69, 9.17) is 0 Å². The maximum absolute atomic E-state index is 11.9. The maximum Gasteiger partial charge on any atom is 0.151 e. The van der Waals surface area contributed by atoms with Crippen molar-refractivity contribution >= 4 is 9.84 Å². The van der Waals surface area contributed by atoms with Crippen molar-refractivity contribution in [3.05, 3.63) is 0 Å². The quantitative estimate of drug-likeness (QED) is 0.678. The number of halogens is 1. The lowest BCUT2D eigenvalue weighted by Gasteiger charge is -2.17. The van der Waals surface area contributed by atoms with Crippen LogP contribution in [0.1, 0.15) is 12.8 Å². The third kappa shape index (κ3) is 4.04. The normalized spacial score (nSPS) is 24.1. The van der Waals surface area contributed by atoms with Crippen molar-refractivity contribution < 1.29 is 12.8 Å². The highest BCUT2D eigenvalue weighted by Gasteiger charge is 2.18. The summed E-state index contributed by atoms with van der Waals surface area (Å²) in [6, 6.07) is 0. The van der Waals surface area contributed by atoms with E-state index in [1.807, 2.05) is 4.90 Å². The van der Waals surface area contributed by atoms with Crippen molar-refractivity contribution in [2.45, 2.75) is 12.8 Å². The van der Waals surface area contributed by atoms with Gasteiger partial charge in [0.1, 0.15) is 0 Å². The van der Waals surface area contributed by atoms with Gasteiger partial charge in [0.05, 0.1) is 18.2 Å². The van der Waals surface area contributed by atoms with Crippen LogP contribution in [0.2, 0.25) is 0 Å².